The Hall–Kier alpha value is 1.20. The Morgan fingerprint density at radius 3 is 1.00 bits per heavy atom. The molecule has 0 amide bonds. The van der Waals surface area contributed by atoms with Gasteiger partial charge in [0.25, 0.3) is 0 Å². The number of allylic oxidation sites excluding steroid dienone is 2. The molecule has 0 saturated carbocycles. The van der Waals surface area contributed by atoms with Gasteiger partial charge in [-0.3, -0.25) is 0 Å². The van der Waals surface area contributed by atoms with E-state index >= 15 is 0 Å². The second kappa shape index (κ2) is 12.3. The van der Waals surface area contributed by atoms with Crippen molar-refractivity contribution in [3.63, 3.8) is 0 Å². The third-order valence-corrected chi connectivity index (χ3v) is 2.06. The van der Waals surface area contributed by atoms with Gasteiger partial charge in [0.2, 0.25) is 0 Å². The molecule has 0 N–H and O–H groups in total. The third kappa shape index (κ3) is 29.2. The van der Waals surface area contributed by atoms with Crippen LogP contribution in [0.1, 0.15) is 61.8 Å². The van der Waals surface area contributed by atoms with E-state index in [1.54, 1.807) is 0 Å². The van der Waals surface area contributed by atoms with E-state index in [4.69, 9.17) is 0 Å². The summed E-state index contributed by atoms with van der Waals surface area (Å²) < 4.78 is 0. The first-order valence-electron chi connectivity index (χ1n) is 4.95. The second-order valence-corrected chi connectivity index (χ2v) is 4.91. The van der Waals surface area contributed by atoms with Gasteiger partial charge in [-0.25, -0.2) is 0 Å². The highest BCUT2D eigenvalue weighted by molar-refractivity contribution is 15.0. The van der Waals surface area contributed by atoms with Gasteiger partial charge < -0.3 is 0 Å². The number of hydrogen-bond donors (Lipinski definition) is 0. The van der Waals surface area contributed by atoms with Gasteiger partial charge in [-0.2, -0.15) is 0 Å². The zero-order chi connectivity index (χ0) is 12.4. The minimum Gasteiger partial charge on any atom is -0.0778 e. The first kappa shape index (κ1) is 20.6. The molecule has 0 spiro atoms. The van der Waals surface area contributed by atoms with Crippen molar-refractivity contribution in [3.05, 3.63) is 11.1 Å². The van der Waals surface area contributed by atoms with E-state index in [1.165, 1.54) is 17.6 Å². The summed E-state index contributed by atoms with van der Waals surface area (Å²) in [6.07, 6.45) is 1.27. The molecule has 0 aliphatic rings. The maximum atomic E-state index is 2.24. The molecular weight excluding hydrogens is 398 g/mol. The van der Waals surface area contributed by atoms with E-state index in [0.29, 0.717) is 5.41 Å². The van der Waals surface area contributed by atoms with E-state index in [2.05, 4.69) is 92.6 Å². The molecule has 0 bridgehead atoms. The highest BCUT2D eigenvalue weighted by Crippen LogP contribution is 2.16. The Bertz CT molecular complexity index is 123. The Morgan fingerprint density at radius 1 is 0.857 bits per heavy atom. The van der Waals surface area contributed by atoms with Crippen LogP contribution in [-0.4, -0.2) is 0 Å². The molecule has 0 radical (unpaired) electrons. The van der Waals surface area contributed by atoms with Crippen LogP contribution in [0.4, 0.5) is 0 Å². The fraction of sp³-hybridized carbons (Fsp3) is 0.833. The maximum Gasteiger partial charge on any atom is 0 e. The average molecular weight is 424 g/mol. The van der Waals surface area contributed by atoms with E-state index in [0.717, 1.165) is 0 Å². The molecule has 0 aliphatic carbocycles. The Kier molecular flexibility index (Phi) is 18.0. The fourth-order valence-electron chi connectivity index (χ4n) is 0. The first-order valence-corrected chi connectivity index (χ1v) is 11.2. The van der Waals surface area contributed by atoms with Crippen molar-refractivity contribution < 1.29 is 0 Å². The van der Waals surface area contributed by atoms with E-state index in [1.807, 2.05) is 0 Å². The molecular formula is C12H26I2. The number of rotatable bonds is 0. The summed E-state index contributed by atoms with van der Waals surface area (Å²) in [6.45, 7) is 17.4. The highest BCUT2D eigenvalue weighted by Gasteiger charge is 2.03. The van der Waals surface area contributed by atoms with Crippen molar-refractivity contribution in [1.82, 2.24) is 0 Å². The van der Waals surface area contributed by atoms with Crippen LogP contribution in [-0.2, 0) is 0 Å². The average Bonchev–Trinajstić information content (AvgIpc) is 2.07. The Labute approximate surface area is 115 Å². The summed E-state index contributed by atoms with van der Waals surface area (Å²) in [6, 6.07) is 0. The minimum atomic E-state index is 0.542. The van der Waals surface area contributed by atoms with Crippen LogP contribution in [0, 0.1) is 5.41 Å². The molecule has 0 rings (SSSR count). The lowest BCUT2D eigenvalue weighted by atomic mass is 9.94. The lowest BCUT2D eigenvalue weighted by molar-refractivity contribution is 0.398. The number of halogens is 2. The predicted molar refractivity (Wildman–Crippen MR) is 87.5 cm³/mol. The lowest BCUT2D eigenvalue weighted by Gasteiger charge is -2.12. The third-order valence-electron chi connectivity index (χ3n) is 2.06. The van der Waals surface area contributed by atoms with Gasteiger partial charge in [-0.05, 0) is 33.1 Å². The van der Waals surface area contributed by atoms with Crippen molar-refractivity contribution in [1.29, 1.82) is 0 Å². The van der Waals surface area contributed by atoms with Crippen LogP contribution >= 0.6 is 37.2 Å². The van der Waals surface area contributed by atoms with Gasteiger partial charge in [0.05, 0.1) is 0 Å². The molecule has 2 heteroatoms. The SMILES string of the molecule is CC(C)=C(C)C.CCC(C)(C)C.II. The molecule has 88 valence electrons. The molecule has 0 saturated heterocycles. The quantitative estimate of drug-likeness (QED) is 0.305. The number of hydrogen-bond acceptors (Lipinski definition) is 0. The first-order chi connectivity index (χ1) is 6.20. The summed E-state index contributed by atoms with van der Waals surface area (Å²) in [5.41, 5.74) is 3.39. The zero-order valence-electron chi connectivity index (χ0n) is 11.0. The van der Waals surface area contributed by atoms with E-state index in [9.17, 15) is 0 Å². The molecule has 0 nitrogen and oxygen atoms in total. The van der Waals surface area contributed by atoms with Crippen LogP contribution in [0.3, 0.4) is 0 Å². The monoisotopic (exact) mass is 424 g/mol. The fourth-order valence-corrected chi connectivity index (χ4v) is 0. The van der Waals surface area contributed by atoms with E-state index in [-0.39, 0.29) is 0 Å². The predicted octanol–water partition coefficient (Wildman–Crippen LogP) is 6.58. The maximum absolute atomic E-state index is 2.24. The smallest absolute Gasteiger partial charge is 0 e. The normalized spacial score (nSPS) is 9.00. The summed E-state index contributed by atoms with van der Waals surface area (Å²) in [5, 5.41) is 0. The van der Waals surface area contributed by atoms with E-state index < -0.39 is 0 Å². The zero-order valence-corrected chi connectivity index (χ0v) is 15.3. The summed E-state index contributed by atoms with van der Waals surface area (Å²) in [4.78, 5) is 0. The topological polar surface area (TPSA) is 0 Å². The van der Waals surface area contributed by atoms with Gasteiger partial charge in [-0.15, -0.1) is 0 Å². The van der Waals surface area contributed by atoms with Gasteiger partial charge in [0, 0.05) is 37.2 Å². The Balaban J connectivity index is -0.000000147. The molecule has 14 heavy (non-hydrogen) atoms. The van der Waals surface area contributed by atoms with Crippen molar-refractivity contribution >= 4 is 37.2 Å². The largest absolute Gasteiger partial charge is 0.0778 e. The Morgan fingerprint density at radius 2 is 1.00 bits per heavy atom. The highest BCUT2D eigenvalue weighted by atomic mass is 128. The summed E-state index contributed by atoms with van der Waals surface area (Å²) >= 11 is 4.24. The van der Waals surface area contributed by atoms with Gasteiger partial charge >= 0.3 is 0 Å². The van der Waals surface area contributed by atoms with Gasteiger partial charge in [0.15, 0.2) is 0 Å². The molecule has 0 atom stereocenters. The van der Waals surface area contributed by atoms with Crippen LogP contribution in [0.5, 0.6) is 0 Å². The molecule has 0 unspecified atom stereocenters. The van der Waals surface area contributed by atoms with Crippen molar-refractivity contribution in [2.75, 3.05) is 0 Å². The van der Waals surface area contributed by atoms with Crippen LogP contribution in [0.2, 0.25) is 0 Å². The molecule has 0 aromatic heterocycles. The summed E-state index contributed by atoms with van der Waals surface area (Å²) in [5.74, 6) is 0. The molecule has 0 aliphatic heterocycles. The van der Waals surface area contributed by atoms with Crippen LogP contribution < -0.4 is 0 Å². The molecule has 0 fully saturated rings. The minimum absolute atomic E-state index is 0.542. The van der Waals surface area contributed by atoms with Crippen LogP contribution in [0.15, 0.2) is 11.1 Å². The summed E-state index contributed by atoms with van der Waals surface area (Å²) in [7, 11) is 0. The van der Waals surface area contributed by atoms with Crippen molar-refractivity contribution in [2.24, 2.45) is 5.41 Å². The molecule has 0 aromatic carbocycles. The second-order valence-electron chi connectivity index (χ2n) is 4.91. The van der Waals surface area contributed by atoms with Crippen molar-refractivity contribution in [3.8, 4) is 0 Å². The molecule has 0 aromatic rings. The van der Waals surface area contributed by atoms with Crippen LogP contribution in [0.25, 0.3) is 0 Å². The standard InChI is InChI=1S/C6H14.C6H12.I2/c1-5-6(2,3)4;1-5(2)6(3)4;1-2/h5H2,1-4H3;1-4H3;. The van der Waals surface area contributed by atoms with Gasteiger partial charge in [0.1, 0.15) is 0 Å². The van der Waals surface area contributed by atoms with Gasteiger partial charge in [-0.1, -0.05) is 45.3 Å². The molecule has 0 heterocycles. The lowest BCUT2D eigenvalue weighted by Crippen LogP contribution is -2.00. The van der Waals surface area contributed by atoms with Crippen molar-refractivity contribution in [2.45, 2.75) is 61.8 Å².